The number of carbonyl (C=O) groups is 2. The largest absolute Gasteiger partial charge is 0.484 e. The predicted molar refractivity (Wildman–Crippen MR) is 80.8 cm³/mol. The summed E-state index contributed by atoms with van der Waals surface area (Å²) >= 11 is 3.22. The van der Waals surface area contributed by atoms with Gasteiger partial charge in [-0.3, -0.25) is 20.4 Å². The molecule has 0 saturated carbocycles. The fourth-order valence-electron chi connectivity index (χ4n) is 1.51. The topological polar surface area (TPSA) is 83.2 Å². The van der Waals surface area contributed by atoms with Crippen LogP contribution in [0.4, 0.5) is 0 Å². The fraction of sp³-hybridized carbons (Fsp3) is 0.143. The molecule has 0 saturated heterocycles. The monoisotopic (exact) mass is 351 g/mol. The third kappa shape index (κ3) is 4.64. The lowest BCUT2D eigenvalue weighted by molar-refractivity contribution is -0.123. The van der Waals surface area contributed by atoms with E-state index < -0.39 is 11.8 Å². The van der Waals surface area contributed by atoms with Crippen LogP contribution in [0.3, 0.4) is 0 Å². The average Bonchev–Trinajstić information content (AvgIpc) is 2.91. The zero-order chi connectivity index (χ0) is 15.2. The van der Waals surface area contributed by atoms with Gasteiger partial charge in [-0.25, -0.2) is 0 Å². The van der Waals surface area contributed by atoms with Gasteiger partial charge in [0.2, 0.25) is 0 Å². The molecule has 0 aliphatic carbocycles. The molecule has 0 aliphatic heterocycles. The van der Waals surface area contributed by atoms with Gasteiger partial charge in [-0.15, -0.1) is 0 Å². The molecule has 7 heteroatoms. The van der Waals surface area contributed by atoms with E-state index in [0.717, 1.165) is 10.0 Å². The second kappa shape index (κ2) is 6.94. The van der Waals surface area contributed by atoms with Crippen LogP contribution in [-0.2, 0) is 4.79 Å². The zero-order valence-corrected chi connectivity index (χ0v) is 12.9. The highest BCUT2D eigenvalue weighted by Gasteiger charge is 2.09. The number of hydrogen-bond donors (Lipinski definition) is 3. The Morgan fingerprint density at radius 1 is 1.24 bits per heavy atom. The number of halogens is 1. The number of nitrogens with one attached hydrogen (secondary N) is 3. The van der Waals surface area contributed by atoms with E-state index in [-0.39, 0.29) is 6.61 Å². The van der Waals surface area contributed by atoms with Crippen LogP contribution in [0.2, 0.25) is 0 Å². The van der Waals surface area contributed by atoms with Crippen molar-refractivity contribution in [2.24, 2.45) is 0 Å². The Morgan fingerprint density at radius 3 is 2.57 bits per heavy atom. The first kappa shape index (κ1) is 15.1. The lowest BCUT2D eigenvalue weighted by atomic mass is 10.2. The summed E-state index contributed by atoms with van der Waals surface area (Å²) in [6.45, 7) is 1.78. The second-order valence-electron chi connectivity index (χ2n) is 4.34. The van der Waals surface area contributed by atoms with Crippen LogP contribution in [0, 0.1) is 6.92 Å². The normalized spacial score (nSPS) is 10.0. The number of aromatic nitrogens is 1. The van der Waals surface area contributed by atoms with Crippen molar-refractivity contribution in [3.63, 3.8) is 0 Å². The number of H-pyrrole nitrogens is 1. The Bertz CT molecular complexity index is 637. The highest BCUT2D eigenvalue weighted by Crippen LogP contribution is 2.11. The van der Waals surface area contributed by atoms with E-state index in [1.807, 2.05) is 19.1 Å². The zero-order valence-electron chi connectivity index (χ0n) is 11.3. The van der Waals surface area contributed by atoms with E-state index in [4.69, 9.17) is 4.74 Å². The van der Waals surface area contributed by atoms with Gasteiger partial charge in [0, 0.05) is 10.7 Å². The molecule has 0 atom stereocenters. The first-order valence-corrected chi connectivity index (χ1v) is 6.96. The summed E-state index contributed by atoms with van der Waals surface area (Å²) < 4.78 is 6.04. The number of aromatic amines is 1. The molecular formula is C14H14BrN3O3. The van der Waals surface area contributed by atoms with Crippen molar-refractivity contribution >= 4 is 27.7 Å². The Labute approximate surface area is 130 Å². The van der Waals surface area contributed by atoms with Crippen molar-refractivity contribution in [1.82, 2.24) is 15.8 Å². The van der Waals surface area contributed by atoms with Gasteiger partial charge in [-0.1, -0.05) is 17.7 Å². The van der Waals surface area contributed by atoms with Gasteiger partial charge in [0.15, 0.2) is 6.61 Å². The summed E-state index contributed by atoms with van der Waals surface area (Å²) in [6.07, 6.45) is 1.62. The van der Waals surface area contributed by atoms with Gasteiger partial charge in [-0.05, 0) is 41.1 Å². The smallest absolute Gasteiger partial charge is 0.286 e. The first-order valence-electron chi connectivity index (χ1n) is 6.17. The van der Waals surface area contributed by atoms with Gasteiger partial charge in [0.1, 0.15) is 11.4 Å². The van der Waals surface area contributed by atoms with Gasteiger partial charge in [0.05, 0.1) is 0 Å². The molecule has 110 valence electrons. The van der Waals surface area contributed by atoms with Crippen molar-refractivity contribution in [2.45, 2.75) is 6.92 Å². The minimum absolute atomic E-state index is 0.183. The van der Waals surface area contributed by atoms with E-state index in [0.29, 0.717) is 11.4 Å². The van der Waals surface area contributed by atoms with Crippen molar-refractivity contribution in [3.8, 4) is 5.75 Å². The first-order chi connectivity index (χ1) is 10.0. The maximum absolute atomic E-state index is 11.7. The van der Waals surface area contributed by atoms with Crippen LogP contribution < -0.4 is 15.6 Å². The molecule has 3 N–H and O–H groups in total. The number of hydrogen-bond acceptors (Lipinski definition) is 3. The van der Waals surface area contributed by atoms with Crippen LogP contribution in [-0.4, -0.2) is 23.4 Å². The van der Waals surface area contributed by atoms with Crippen LogP contribution in [0.25, 0.3) is 0 Å². The van der Waals surface area contributed by atoms with Gasteiger partial charge in [-0.2, -0.15) is 0 Å². The maximum atomic E-state index is 11.7. The molecule has 0 aliphatic rings. The van der Waals surface area contributed by atoms with Crippen LogP contribution in [0.1, 0.15) is 16.1 Å². The minimum atomic E-state index is -0.449. The molecule has 0 spiro atoms. The summed E-state index contributed by atoms with van der Waals surface area (Å²) in [5, 5.41) is 0. The molecule has 0 fully saturated rings. The summed E-state index contributed by atoms with van der Waals surface area (Å²) in [7, 11) is 0. The summed E-state index contributed by atoms with van der Waals surface area (Å²) in [4.78, 5) is 26.0. The van der Waals surface area contributed by atoms with E-state index in [2.05, 4.69) is 31.8 Å². The Morgan fingerprint density at radius 2 is 1.95 bits per heavy atom. The molecule has 0 radical (unpaired) electrons. The van der Waals surface area contributed by atoms with Gasteiger partial charge < -0.3 is 9.72 Å². The molecule has 2 aromatic rings. The number of hydrazine groups is 1. The number of ether oxygens (including phenoxy) is 1. The van der Waals surface area contributed by atoms with Crippen molar-refractivity contribution in [1.29, 1.82) is 0 Å². The van der Waals surface area contributed by atoms with Crippen molar-refractivity contribution in [3.05, 3.63) is 52.3 Å². The minimum Gasteiger partial charge on any atom is -0.484 e. The summed E-state index contributed by atoms with van der Waals surface area (Å²) in [5.41, 5.74) is 6.00. The third-order valence-electron chi connectivity index (χ3n) is 2.60. The lowest BCUT2D eigenvalue weighted by Gasteiger charge is -2.08. The molecule has 6 nitrogen and oxygen atoms in total. The van der Waals surface area contributed by atoms with E-state index in [1.54, 1.807) is 24.4 Å². The molecule has 21 heavy (non-hydrogen) atoms. The predicted octanol–water partition coefficient (Wildman–Crippen LogP) is 1.93. The second-order valence-corrected chi connectivity index (χ2v) is 5.25. The molecule has 1 aromatic carbocycles. The van der Waals surface area contributed by atoms with Crippen LogP contribution in [0.15, 0.2) is 41.0 Å². The molecular weight excluding hydrogens is 338 g/mol. The van der Waals surface area contributed by atoms with E-state index in [9.17, 15) is 9.59 Å². The molecule has 1 heterocycles. The Kier molecular flexibility index (Phi) is 4.99. The van der Waals surface area contributed by atoms with Gasteiger partial charge >= 0.3 is 0 Å². The Balaban J connectivity index is 1.74. The number of aryl methyl sites for hydroxylation is 1. The number of rotatable bonds is 4. The third-order valence-corrected chi connectivity index (χ3v) is 3.06. The number of benzene rings is 1. The van der Waals surface area contributed by atoms with Gasteiger partial charge in [0.25, 0.3) is 11.8 Å². The van der Waals surface area contributed by atoms with Crippen LogP contribution >= 0.6 is 15.9 Å². The van der Waals surface area contributed by atoms with E-state index in [1.165, 1.54) is 0 Å². The Hall–Kier alpha value is -2.28. The summed E-state index contributed by atoms with van der Waals surface area (Å²) in [5.74, 6) is -0.297. The summed E-state index contributed by atoms with van der Waals surface area (Å²) in [6, 6.07) is 8.93. The average molecular weight is 352 g/mol. The highest BCUT2D eigenvalue weighted by atomic mass is 79.9. The molecule has 1 aromatic heterocycles. The SMILES string of the molecule is Cc1ccc(OCC(=O)NNC(=O)c2cc(Br)c[nH]2)cc1. The molecule has 0 bridgehead atoms. The number of carbonyl (C=O) groups excluding carboxylic acids is 2. The standard InChI is InChI=1S/C14H14BrN3O3/c1-9-2-4-11(5-3-9)21-8-13(19)17-18-14(20)12-6-10(15)7-16-12/h2-7,16H,8H2,1H3,(H,17,19)(H,18,20). The molecule has 2 amide bonds. The number of amides is 2. The fourth-order valence-corrected chi connectivity index (χ4v) is 1.86. The quantitative estimate of drug-likeness (QED) is 0.736. The van der Waals surface area contributed by atoms with Crippen molar-refractivity contribution in [2.75, 3.05) is 6.61 Å². The molecule has 2 rings (SSSR count). The lowest BCUT2D eigenvalue weighted by Crippen LogP contribution is -2.43. The van der Waals surface area contributed by atoms with E-state index >= 15 is 0 Å². The maximum Gasteiger partial charge on any atom is 0.286 e. The highest BCUT2D eigenvalue weighted by molar-refractivity contribution is 9.10. The molecule has 0 unspecified atom stereocenters. The van der Waals surface area contributed by atoms with Crippen molar-refractivity contribution < 1.29 is 14.3 Å². The van der Waals surface area contributed by atoms with Crippen LogP contribution in [0.5, 0.6) is 5.75 Å².